The zero-order chi connectivity index (χ0) is 16.2. The first kappa shape index (κ1) is 16.7. The highest BCUT2D eigenvalue weighted by Crippen LogP contribution is 2.30. The molecule has 0 bridgehead atoms. The van der Waals surface area contributed by atoms with Crippen LogP contribution in [-0.2, 0) is 6.18 Å². The SMILES string of the molecule is CC(CNC(=O)c1cc(C(F)(F)F)ccc1F)/C(N)=N/O. The minimum absolute atomic E-state index is 0.121. The summed E-state index contributed by atoms with van der Waals surface area (Å²) in [6, 6.07) is 1.55. The van der Waals surface area contributed by atoms with Gasteiger partial charge in [0.25, 0.3) is 5.91 Å². The van der Waals surface area contributed by atoms with Gasteiger partial charge in [-0.25, -0.2) is 4.39 Å². The molecule has 1 atom stereocenters. The lowest BCUT2D eigenvalue weighted by atomic mass is 10.1. The lowest BCUT2D eigenvalue weighted by molar-refractivity contribution is -0.137. The van der Waals surface area contributed by atoms with E-state index < -0.39 is 34.9 Å². The molecular weight excluding hydrogens is 294 g/mol. The molecule has 0 aromatic heterocycles. The van der Waals surface area contributed by atoms with Crippen molar-refractivity contribution in [3.63, 3.8) is 0 Å². The first-order valence-electron chi connectivity index (χ1n) is 5.79. The van der Waals surface area contributed by atoms with E-state index in [-0.39, 0.29) is 12.4 Å². The zero-order valence-corrected chi connectivity index (χ0v) is 10.9. The zero-order valence-electron chi connectivity index (χ0n) is 10.9. The fourth-order valence-electron chi connectivity index (χ4n) is 1.42. The van der Waals surface area contributed by atoms with Gasteiger partial charge in [-0.3, -0.25) is 4.79 Å². The van der Waals surface area contributed by atoms with Gasteiger partial charge < -0.3 is 16.3 Å². The van der Waals surface area contributed by atoms with Crippen molar-refractivity contribution in [3.05, 3.63) is 35.1 Å². The summed E-state index contributed by atoms with van der Waals surface area (Å²) in [6.07, 6.45) is -4.68. The molecule has 9 heteroatoms. The third-order valence-electron chi connectivity index (χ3n) is 2.73. The van der Waals surface area contributed by atoms with Crippen LogP contribution in [0.3, 0.4) is 0 Å². The molecule has 1 rings (SSSR count). The van der Waals surface area contributed by atoms with Crippen LogP contribution in [0, 0.1) is 11.7 Å². The number of alkyl halides is 3. The van der Waals surface area contributed by atoms with Crippen LogP contribution in [-0.4, -0.2) is 23.5 Å². The van der Waals surface area contributed by atoms with Crippen molar-refractivity contribution in [2.75, 3.05) is 6.54 Å². The largest absolute Gasteiger partial charge is 0.416 e. The number of amides is 1. The van der Waals surface area contributed by atoms with Gasteiger partial charge in [0.2, 0.25) is 0 Å². The predicted octanol–water partition coefficient (Wildman–Crippen LogP) is 1.96. The lowest BCUT2D eigenvalue weighted by Gasteiger charge is -2.13. The number of amidine groups is 1. The molecule has 21 heavy (non-hydrogen) atoms. The summed E-state index contributed by atoms with van der Waals surface area (Å²) in [4.78, 5) is 11.7. The minimum atomic E-state index is -4.68. The molecule has 0 radical (unpaired) electrons. The molecule has 0 aliphatic carbocycles. The number of hydrogen-bond donors (Lipinski definition) is 3. The van der Waals surface area contributed by atoms with Crippen LogP contribution in [0.4, 0.5) is 17.6 Å². The Balaban J connectivity index is 2.88. The van der Waals surface area contributed by atoms with E-state index in [0.29, 0.717) is 18.2 Å². The van der Waals surface area contributed by atoms with Crippen molar-refractivity contribution >= 4 is 11.7 Å². The molecule has 0 fully saturated rings. The molecule has 0 aliphatic rings. The highest BCUT2D eigenvalue weighted by molar-refractivity contribution is 5.95. The molecule has 1 aromatic rings. The van der Waals surface area contributed by atoms with Gasteiger partial charge in [-0.05, 0) is 18.2 Å². The first-order chi connectivity index (χ1) is 9.66. The Hall–Kier alpha value is -2.32. The Bertz CT molecular complexity index is 558. The number of nitrogens with two attached hydrogens (primary N) is 1. The van der Waals surface area contributed by atoms with Gasteiger partial charge >= 0.3 is 6.18 Å². The number of nitrogens with zero attached hydrogens (tertiary/aromatic N) is 1. The molecular formula is C12H13F4N3O2. The standard InChI is InChI=1S/C12H13F4N3O2/c1-6(10(17)19-21)5-18-11(20)8-4-7(12(14,15)16)2-3-9(8)13/h2-4,6,21H,5H2,1H3,(H2,17,19)(H,18,20). The molecule has 1 aromatic carbocycles. The topological polar surface area (TPSA) is 87.7 Å². The Morgan fingerprint density at radius 3 is 2.62 bits per heavy atom. The van der Waals surface area contributed by atoms with Crippen LogP contribution >= 0.6 is 0 Å². The maximum absolute atomic E-state index is 13.4. The van der Waals surface area contributed by atoms with Gasteiger partial charge in [0, 0.05) is 12.5 Å². The van der Waals surface area contributed by atoms with Crippen LogP contribution in [0.1, 0.15) is 22.8 Å². The summed E-state index contributed by atoms with van der Waals surface area (Å²) in [7, 11) is 0. The Kier molecular flexibility index (Phi) is 5.12. The van der Waals surface area contributed by atoms with E-state index in [9.17, 15) is 22.4 Å². The van der Waals surface area contributed by atoms with E-state index in [1.807, 2.05) is 0 Å². The van der Waals surface area contributed by atoms with Crippen molar-refractivity contribution in [2.24, 2.45) is 16.8 Å². The highest BCUT2D eigenvalue weighted by Gasteiger charge is 2.32. The molecule has 0 heterocycles. The molecule has 0 spiro atoms. The molecule has 0 saturated carbocycles. The second-order valence-corrected chi connectivity index (χ2v) is 4.33. The number of carbonyl (C=O) groups is 1. The smallest absolute Gasteiger partial charge is 0.409 e. The molecule has 0 aliphatic heterocycles. The molecule has 0 saturated heterocycles. The van der Waals surface area contributed by atoms with Crippen molar-refractivity contribution in [1.82, 2.24) is 5.32 Å². The minimum Gasteiger partial charge on any atom is -0.409 e. The third kappa shape index (κ3) is 4.33. The summed E-state index contributed by atoms with van der Waals surface area (Å²) in [6.45, 7) is 1.39. The summed E-state index contributed by atoms with van der Waals surface area (Å²) >= 11 is 0. The second kappa shape index (κ2) is 6.42. The number of halogens is 4. The van der Waals surface area contributed by atoms with E-state index in [1.165, 1.54) is 6.92 Å². The fourth-order valence-corrected chi connectivity index (χ4v) is 1.42. The Morgan fingerprint density at radius 1 is 1.48 bits per heavy atom. The summed E-state index contributed by atoms with van der Waals surface area (Å²) in [5.41, 5.74) is 3.43. The van der Waals surface area contributed by atoms with Crippen molar-refractivity contribution in [1.29, 1.82) is 0 Å². The van der Waals surface area contributed by atoms with Gasteiger partial charge in [-0.15, -0.1) is 0 Å². The van der Waals surface area contributed by atoms with Crippen LogP contribution in [0.25, 0.3) is 0 Å². The van der Waals surface area contributed by atoms with Gasteiger partial charge in [0.15, 0.2) is 0 Å². The van der Waals surface area contributed by atoms with E-state index >= 15 is 0 Å². The molecule has 4 N–H and O–H groups in total. The normalized spacial score (nSPS) is 13.9. The van der Waals surface area contributed by atoms with Crippen LogP contribution < -0.4 is 11.1 Å². The van der Waals surface area contributed by atoms with Crippen molar-refractivity contribution in [3.8, 4) is 0 Å². The maximum Gasteiger partial charge on any atom is 0.416 e. The third-order valence-corrected chi connectivity index (χ3v) is 2.73. The van der Waals surface area contributed by atoms with E-state index in [0.717, 1.165) is 0 Å². The summed E-state index contributed by atoms with van der Waals surface area (Å²) in [5.74, 6) is -2.82. The highest BCUT2D eigenvalue weighted by atomic mass is 19.4. The Labute approximate surface area is 117 Å². The molecule has 1 unspecified atom stereocenters. The number of hydrogen-bond acceptors (Lipinski definition) is 3. The monoisotopic (exact) mass is 307 g/mol. The molecule has 5 nitrogen and oxygen atoms in total. The number of oxime groups is 1. The molecule has 1 amide bonds. The number of carbonyl (C=O) groups excluding carboxylic acids is 1. The second-order valence-electron chi connectivity index (χ2n) is 4.33. The summed E-state index contributed by atoms with van der Waals surface area (Å²) < 4.78 is 51.0. The first-order valence-corrected chi connectivity index (χ1v) is 5.79. The van der Waals surface area contributed by atoms with Crippen molar-refractivity contribution < 1.29 is 27.6 Å². The maximum atomic E-state index is 13.4. The number of benzene rings is 1. The van der Waals surface area contributed by atoms with E-state index in [4.69, 9.17) is 10.9 Å². The van der Waals surface area contributed by atoms with Gasteiger partial charge in [-0.2, -0.15) is 13.2 Å². The Morgan fingerprint density at radius 2 is 2.10 bits per heavy atom. The van der Waals surface area contributed by atoms with Gasteiger partial charge in [0.1, 0.15) is 11.7 Å². The van der Waals surface area contributed by atoms with Crippen molar-refractivity contribution in [2.45, 2.75) is 13.1 Å². The quantitative estimate of drug-likeness (QED) is 0.261. The van der Waals surface area contributed by atoms with Crippen LogP contribution in [0.2, 0.25) is 0 Å². The van der Waals surface area contributed by atoms with Gasteiger partial charge in [0.05, 0.1) is 11.1 Å². The fraction of sp³-hybridized carbons (Fsp3) is 0.333. The number of nitrogens with one attached hydrogen (secondary N) is 1. The number of rotatable bonds is 4. The average molecular weight is 307 g/mol. The van der Waals surface area contributed by atoms with Crippen LogP contribution in [0.15, 0.2) is 23.4 Å². The van der Waals surface area contributed by atoms with Crippen LogP contribution in [0.5, 0.6) is 0 Å². The predicted molar refractivity (Wildman–Crippen MR) is 66.3 cm³/mol. The molecule has 116 valence electrons. The van der Waals surface area contributed by atoms with E-state index in [1.54, 1.807) is 0 Å². The lowest BCUT2D eigenvalue weighted by Crippen LogP contribution is -2.35. The average Bonchev–Trinajstić information content (AvgIpc) is 2.42. The summed E-state index contributed by atoms with van der Waals surface area (Å²) in [5, 5.41) is 13.4. The van der Waals surface area contributed by atoms with Gasteiger partial charge in [-0.1, -0.05) is 12.1 Å². The van der Waals surface area contributed by atoms with E-state index in [2.05, 4.69) is 10.5 Å².